The predicted octanol–water partition coefficient (Wildman–Crippen LogP) is 12.1. The first-order chi connectivity index (χ1) is 35.1. The molecule has 0 spiro atoms. The second kappa shape index (κ2) is 25.9. The van der Waals surface area contributed by atoms with Crippen LogP contribution in [-0.4, -0.2) is 56.9 Å². The Morgan fingerprint density at radius 1 is 0.208 bits per heavy atom. The summed E-state index contributed by atoms with van der Waals surface area (Å²) in [5.74, 6) is 8.80. The van der Waals surface area contributed by atoms with Crippen molar-refractivity contribution >= 4 is 15.9 Å². The number of benzene rings is 7. The molecule has 0 heterocycles. The van der Waals surface area contributed by atoms with Crippen molar-refractivity contribution in [2.24, 2.45) is 0 Å². The summed E-state index contributed by atoms with van der Waals surface area (Å²) < 4.78 is 82.3. The molecule has 0 bridgehead atoms. The van der Waals surface area contributed by atoms with Gasteiger partial charge in [-0.15, -0.1) is 0 Å². The van der Waals surface area contributed by atoms with E-state index in [1.54, 1.807) is 56.9 Å². The zero-order valence-corrected chi connectivity index (χ0v) is 43.3. The van der Waals surface area contributed by atoms with Crippen LogP contribution < -0.4 is 66.3 Å². The van der Waals surface area contributed by atoms with Crippen molar-refractivity contribution in [2.75, 3.05) is 56.9 Å². The van der Waals surface area contributed by atoms with Gasteiger partial charge >= 0.3 is 0 Å². The Balaban J connectivity index is 1.10. The molecular weight excluding hydrogens is 989 g/mol. The number of ether oxygens (including phenoxy) is 14. The van der Waals surface area contributed by atoms with Gasteiger partial charge in [-0.25, -0.2) is 0 Å². The molecule has 0 unspecified atom stereocenters. The predicted molar refractivity (Wildman–Crippen MR) is 276 cm³/mol. The van der Waals surface area contributed by atoms with Crippen molar-refractivity contribution in [1.82, 2.24) is 0 Å². The summed E-state index contributed by atoms with van der Waals surface area (Å²) in [5, 5.41) is 0.567. The first kappa shape index (κ1) is 52.1. The van der Waals surface area contributed by atoms with Crippen molar-refractivity contribution in [1.29, 1.82) is 0 Å². The van der Waals surface area contributed by atoms with Gasteiger partial charge in [-0.1, -0.05) is 15.9 Å². The van der Waals surface area contributed by atoms with Crippen LogP contribution in [0.5, 0.6) is 80.5 Å². The van der Waals surface area contributed by atoms with Crippen molar-refractivity contribution < 1.29 is 66.3 Å². The lowest BCUT2D eigenvalue weighted by Gasteiger charge is -2.16. The summed E-state index contributed by atoms with van der Waals surface area (Å²) in [6.45, 7) is 1.37. The standard InChI is InChI=1S/C57H59BrO14/c1-59-44-11-38(12-45(23-44)60-2)31-69-54-19-42(20-55(28-54)70-32-39-13-46(61-3)24-47(14-39)62-4)35-67-52-9-37(30-58)10-53(27-52)68-36-43-21-56(71-33-40-15-48(63-5)25-49(16-40)64-6)29-57(22-43)72-34-41-17-50(65-7)26-51(18-41)66-8/h9-29H,30-36H2,1-8H3. The topological polar surface area (TPSA) is 129 Å². The molecule has 0 radical (unpaired) electrons. The molecule has 0 fully saturated rings. The molecule has 0 saturated heterocycles. The van der Waals surface area contributed by atoms with Crippen LogP contribution in [0.25, 0.3) is 0 Å². The van der Waals surface area contributed by atoms with Crippen LogP contribution in [0.2, 0.25) is 0 Å². The number of hydrogen-bond acceptors (Lipinski definition) is 14. The number of methoxy groups -OCH3 is 8. The van der Waals surface area contributed by atoms with E-state index < -0.39 is 0 Å². The lowest BCUT2D eigenvalue weighted by atomic mass is 10.2. The second-order valence-electron chi connectivity index (χ2n) is 16.2. The van der Waals surface area contributed by atoms with Crippen molar-refractivity contribution in [3.05, 3.63) is 166 Å². The van der Waals surface area contributed by atoms with Gasteiger partial charge < -0.3 is 66.3 Å². The summed E-state index contributed by atoms with van der Waals surface area (Å²) in [7, 11) is 12.9. The van der Waals surface area contributed by atoms with E-state index in [1.165, 1.54) is 0 Å². The minimum Gasteiger partial charge on any atom is -0.497 e. The smallest absolute Gasteiger partial charge is 0.123 e. The fraction of sp³-hybridized carbons (Fsp3) is 0.263. The molecule has 7 aromatic carbocycles. The Hall–Kier alpha value is -7.78. The number of halogens is 1. The molecule has 0 aliphatic carbocycles. The first-order valence-corrected chi connectivity index (χ1v) is 23.8. The van der Waals surface area contributed by atoms with Crippen LogP contribution in [0.1, 0.15) is 38.9 Å². The maximum atomic E-state index is 6.48. The van der Waals surface area contributed by atoms with Crippen molar-refractivity contribution in [3.8, 4) is 80.5 Å². The third kappa shape index (κ3) is 15.1. The van der Waals surface area contributed by atoms with Crippen LogP contribution in [0, 0.1) is 0 Å². The molecule has 14 nitrogen and oxygen atoms in total. The minimum atomic E-state index is 0.192. The molecule has 15 heteroatoms. The largest absolute Gasteiger partial charge is 0.497 e. The molecule has 0 aliphatic heterocycles. The number of rotatable bonds is 27. The van der Waals surface area contributed by atoms with E-state index in [1.807, 2.05) is 127 Å². The van der Waals surface area contributed by atoms with Gasteiger partial charge in [0.1, 0.15) is 120 Å². The minimum absolute atomic E-state index is 0.192. The molecular formula is C57H59BrO14. The Labute approximate surface area is 429 Å². The molecule has 0 N–H and O–H groups in total. The first-order valence-electron chi connectivity index (χ1n) is 22.7. The van der Waals surface area contributed by atoms with Gasteiger partial charge in [0.25, 0.3) is 0 Å². The zero-order valence-electron chi connectivity index (χ0n) is 41.7. The summed E-state index contributed by atoms with van der Waals surface area (Å²) in [5.41, 5.74) is 6.03. The highest BCUT2D eigenvalue weighted by molar-refractivity contribution is 9.08. The monoisotopic (exact) mass is 1050 g/mol. The highest BCUT2D eigenvalue weighted by Gasteiger charge is 2.13. The van der Waals surface area contributed by atoms with E-state index in [9.17, 15) is 0 Å². The lowest BCUT2D eigenvalue weighted by Crippen LogP contribution is -2.03. The molecule has 72 heavy (non-hydrogen) atoms. The van der Waals surface area contributed by atoms with E-state index in [4.69, 9.17) is 66.3 Å². The Morgan fingerprint density at radius 3 is 0.500 bits per heavy atom. The summed E-state index contributed by atoms with van der Waals surface area (Å²) in [4.78, 5) is 0. The lowest BCUT2D eigenvalue weighted by molar-refractivity contribution is 0.275. The SMILES string of the molecule is COc1cc(COc2cc(COc3cc(CBr)cc(OCc4cc(OCc5cc(OC)cc(OC)c5)cc(OCc5cc(OC)cc(OC)c5)c4)c3)cc(OCc3cc(OC)cc(OC)c3)c2)cc(OC)c1. The third-order valence-electron chi connectivity index (χ3n) is 11.1. The van der Waals surface area contributed by atoms with Gasteiger partial charge in [-0.2, -0.15) is 0 Å². The van der Waals surface area contributed by atoms with Gasteiger partial charge in [-0.05, 0) is 124 Å². The highest BCUT2D eigenvalue weighted by atomic mass is 79.9. The molecule has 378 valence electrons. The number of hydrogen-bond donors (Lipinski definition) is 0. The second-order valence-corrected chi connectivity index (χ2v) is 16.7. The Kier molecular flexibility index (Phi) is 18.7. The zero-order chi connectivity index (χ0) is 50.8. The Bertz CT molecular complexity index is 2450. The van der Waals surface area contributed by atoms with Crippen LogP contribution in [-0.2, 0) is 45.0 Å². The molecule has 0 aliphatic rings. The molecule has 7 aromatic rings. The molecule has 0 amide bonds. The molecule has 0 aromatic heterocycles. The highest BCUT2D eigenvalue weighted by Crippen LogP contribution is 2.33. The van der Waals surface area contributed by atoms with Gasteiger partial charge in [0.2, 0.25) is 0 Å². The average Bonchev–Trinajstić information content (AvgIpc) is 3.43. The Morgan fingerprint density at radius 2 is 0.347 bits per heavy atom. The normalized spacial score (nSPS) is 10.7. The van der Waals surface area contributed by atoms with E-state index >= 15 is 0 Å². The fourth-order valence-electron chi connectivity index (χ4n) is 7.43. The van der Waals surface area contributed by atoms with Crippen LogP contribution in [0.4, 0.5) is 0 Å². The van der Waals surface area contributed by atoms with E-state index in [2.05, 4.69) is 15.9 Å². The van der Waals surface area contributed by atoms with E-state index in [0.717, 1.165) is 38.9 Å². The van der Waals surface area contributed by atoms with Gasteiger partial charge in [0, 0.05) is 47.8 Å². The molecule has 0 atom stereocenters. The summed E-state index contributed by atoms with van der Waals surface area (Å²) in [6.07, 6.45) is 0. The average molecular weight is 1050 g/mol. The van der Waals surface area contributed by atoms with Gasteiger partial charge in [-0.3, -0.25) is 0 Å². The van der Waals surface area contributed by atoms with Crippen molar-refractivity contribution in [3.63, 3.8) is 0 Å². The van der Waals surface area contributed by atoms with Crippen molar-refractivity contribution in [2.45, 2.75) is 45.0 Å². The van der Waals surface area contributed by atoms with E-state index in [0.29, 0.717) is 85.8 Å². The van der Waals surface area contributed by atoms with Gasteiger partial charge in [0.15, 0.2) is 0 Å². The fourth-order valence-corrected chi connectivity index (χ4v) is 7.76. The maximum Gasteiger partial charge on any atom is 0.123 e. The van der Waals surface area contributed by atoms with Crippen LogP contribution >= 0.6 is 15.9 Å². The summed E-state index contributed by atoms with van der Waals surface area (Å²) in [6, 6.07) is 39.7. The van der Waals surface area contributed by atoms with Crippen LogP contribution in [0.3, 0.4) is 0 Å². The molecule has 0 saturated carbocycles. The number of alkyl halides is 1. The quantitative estimate of drug-likeness (QED) is 0.0453. The van der Waals surface area contributed by atoms with Gasteiger partial charge in [0.05, 0.1) is 56.9 Å². The summed E-state index contributed by atoms with van der Waals surface area (Å²) >= 11 is 3.63. The van der Waals surface area contributed by atoms with Crippen LogP contribution in [0.15, 0.2) is 127 Å². The third-order valence-corrected chi connectivity index (χ3v) is 11.7. The molecule has 7 rings (SSSR count). The van der Waals surface area contributed by atoms with E-state index in [-0.39, 0.29) is 39.6 Å². The maximum absolute atomic E-state index is 6.48.